The zero-order valence-corrected chi connectivity index (χ0v) is 8.23. The van der Waals surface area contributed by atoms with Crippen LogP contribution < -0.4 is 5.73 Å². The third-order valence-electron chi connectivity index (χ3n) is 1.93. The molecule has 3 nitrogen and oxygen atoms in total. The molecule has 1 rings (SSSR count). The van der Waals surface area contributed by atoms with Gasteiger partial charge in [-0.15, -0.1) is 5.10 Å². The second kappa shape index (κ2) is 5.19. The standard InChI is InChI=1S/C8H15N3S/c1-12-8(9)11-10-7-5-3-2-4-6-7/h2-6H2,1H3,(H2,9,11). The van der Waals surface area contributed by atoms with Gasteiger partial charge >= 0.3 is 0 Å². The first kappa shape index (κ1) is 9.58. The highest BCUT2D eigenvalue weighted by Gasteiger charge is 2.05. The molecule has 0 aromatic carbocycles. The van der Waals surface area contributed by atoms with E-state index in [2.05, 4.69) is 10.2 Å². The van der Waals surface area contributed by atoms with Crippen molar-refractivity contribution in [2.45, 2.75) is 32.1 Å². The highest BCUT2D eigenvalue weighted by molar-refractivity contribution is 8.13. The normalized spacial score (nSPS) is 19.4. The predicted molar refractivity (Wildman–Crippen MR) is 55.7 cm³/mol. The van der Waals surface area contributed by atoms with Crippen molar-refractivity contribution < 1.29 is 0 Å². The van der Waals surface area contributed by atoms with Gasteiger partial charge < -0.3 is 5.73 Å². The van der Waals surface area contributed by atoms with Gasteiger partial charge in [-0.05, 0) is 31.9 Å². The molecule has 0 saturated heterocycles. The van der Waals surface area contributed by atoms with E-state index in [4.69, 9.17) is 5.73 Å². The Bertz CT molecular complexity index is 190. The molecule has 0 radical (unpaired) electrons. The monoisotopic (exact) mass is 185 g/mol. The second-order valence-electron chi connectivity index (χ2n) is 2.87. The highest BCUT2D eigenvalue weighted by Crippen LogP contribution is 2.14. The average Bonchev–Trinajstić information content (AvgIpc) is 2.16. The largest absolute Gasteiger partial charge is 0.377 e. The van der Waals surface area contributed by atoms with Crippen molar-refractivity contribution in [3.8, 4) is 0 Å². The topological polar surface area (TPSA) is 50.7 Å². The first-order valence-electron chi connectivity index (χ1n) is 4.26. The van der Waals surface area contributed by atoms with E-state index < -0.39 is 0 Å². The number of rotatable bonds is 1. The highest BCUT2D eigenvalue weighted by atomic mass is 32.2. The molecule has 0 spiro atoms. The Balaban J connectivity index is 2.44. The molecule has 1 aliphatic carbocycles. The summed E-state index contributed by atoms with van der Waals surface area (Å²) < 4.78 is 0. The summed E-state index contributed by atoms with van der Waals surface area (Å²) in [4.78, 5) is 0. The van der Waals surface area contributed by atoms with Crippen molar-refractivity contribution in [1.29, 1.82) is 0 Å². The molecular formula is C8H15N3S. The molecule has 0 amide bonds. The minimum Gasteiger partial charge on any atom is -0.377 e. The molecule has 1 aliphatic rings. The van der Waals surface area contributed by atoms with Crippen LogP contribution in [-0.2, 0) is 0 Å². The zero-order chi connectivity index (χ0) is 8.81. The smallest absolute Gasteiger partial charge is 0.180 e. The molecule has 0 aliphatic heterocycles. The first-order chi connectivity index (χ1) is 5.83. The van der Waals surface area contributed by atoms with Gasteiger partial charge in [-0.25, -0.2) is 0 Å². The average molecular weight is 185 g/mol. The van der Waals surface area contributed by atoms with Gasteiger partial charge in [-0.1, -0.05) is 18.2 Å². The SMILES string of the molecule is CS/C(N)=N/N=C1CCCCC1. The maximum absolute atomic E-state index is 5.50. The van der Waals surface area contributed by atoms with Crippen LogP contribution >= 0.6 is 11.8 Å². The fraction of sp³-hybridized carbons (Fsp3) is 0.750. The van der Waals surface area contributed by atoms with Gasteiger partial charge in [-0.2, -0.15) is 5.10 Å². The minimum absolute atomic E-state index is 0.549. The Morgan fingerprint density at radius 1 is 1.33 bits per heavy atom. The lowest BCUT2D eigenvalue weighted by atomic mass is 9.99. The van der Waals surface area contributed by atoms with Crippen LogP contribution in [0, 0.1) is 0 Å². The lowest BCUT2D eigenvalue weighted by Gasteiger charge is -2.09. The summed E-state index contributed by atoms with van der Waals surface area (Å²) in [5, 5.41) is 8.57. The van der Waals surface area contributed by atoms with E-state index in [1.54, 1.807) is 0 Å². The molecule has 1 saturated carbocycles. The van der Waals surface area contributed by atoms with E-state index >= 15 is 0 Å². The van der Waals surface area contributed by atoms with Crippen LogP contribution in [0.4, 0.5) is 0 Å². The lowest BCUT2D eigenvalue weighted by Crippen LogP contribution is -2.07. The second-order valence-corrected chi connectivity index (χ2v) is 3.70. The van der Waals surface area contributed by atoms with E-state index in [-0.39, 0.29) is 0 Å². The summed E-state index contributed by atoms with van der Waals surface area (Å²) in [6.07, 6.45) is 7.96. The van der Waals surface area contributed by atoms with Gasteiger partial charge in [0, 0.05) is 5.71 Å². The third kappa shape index (κ3) is 3.26. The Morgan fingerprint density at radius 2 is 2.00 bits per heavy atom. The van der Waals surface area contributed by atoms with E-state index in [0.717, 1.165) is 12.8 Å². The van der Waals surface area contributed by atoms with E-state index in [1.165, 1.54) is 36.7 Å². The molecule has 0 unspecified atom stereocenters. The van der Waals surface area contributed by atoms with Crippen molar-refractivity contribution in [3.05, 3.63) is 0 Å². The molecule has 68 valence electrons. The molecule has 0 atom stereocenters. The quantitative estimate of drug-likeness (QED) is 0.386. The molecule has 1 fully saturated rings. The summed E-state index contributed by atoms with van der Waals surface area (Å²) in [6, 6.07) is 0. The Labute approximate surface area is 77.5 Å². The molecule has 0 aromatic heterocycles. The maximum atomic E-state index is 5.50. The zero-order valence-electron chi connectivity index (χ0n) is 7.42. The van der Waals surface area contributed by atoms with Crippen molar-refractivity contribution in [1.82, 2.24) is 0 Å². The van der Waals surface area contributed by atoms with Gasteiger partial charge in [0.25, 0.3) is 0 Å². The summed E-state index contributed by atoms with van der Waals surface area (Å²) >= 11 is 1.43. The van der Waals surface area contributed by atoms with Crippen LogP contribution in [0.1, 0.15) is 32.1 Å². The van der Waals surface area contributed by atoms with Gasteiger partial charge in [-0.3, -0.25) is 0 Å². The van der Waals surface area contributed by atoms with Crippen LogP contribution in [0.2, 0.25) is 0 Å². The van der Waals surface area contributed by atoms with Crippen LogP contribution in [-0.4, -0.2) is 17.1 Å². The van der Waals surface area contributed by atoms with Crippen LogP contribution in [0.5, 0.6) is 0 Å². The van der Waals surface area contributed by atoms with Crippen LogP contribution in [0.3, 0.4) is 0 Å². The number of nitrogens with zero attached hydrogens (tertiary/aromatic N) is 2. The van der Waals surface area contributed by atoms with Crippen LogP contribution in [0.15, 0.2) is 10.2 Å². The third-order valence-corrected chi connectivity index (χ3v) is 2.43. The molecule has 0 aromatic rings. The first-order valence-corrected chi connectivity index (χ1v) is 5.48. The maximum Gasteiger partial charge on any atom is 0.180 e. The van der Waals surface area contributed by atoms with Gasteiger partial charge in [0.2, 0.25) is 0 Å². The fourth-order valence-corrected chi connectivity index (χ4v) is 1.34. The Morgan fingerprint density at radius 3 is 2.58 bits per heavy atom. The lowest BCUT2D eigenvalue weighted by molar-refractivity contribution is 0.664. The van der Waals surface area contributed by atoms with E-state index in [0.29, 0.717) is 5.17 Å². The molecule has 0 bridgehead atoms. The molecule has 12 heavy (non-hydrogen) atoms. The summed E-state index contributed by atoms with van der Waals surface area (Å²) in [5.41, 5.74) is 6.70. The Kier molecular flexibility index (Phi) is 4.14. The van der Waals surface area contributed by atoms with Crippen LogP contribution in [0.25, 0.3) is 0 Å². The van der Waals surface area contributed by atoms with E-state index in [9.17, 15) is 0 Å². The van der Waals surface area contributed by atoms with Gasteiger partial charge in [0.05, 0.1) is 0 Å². The molecular weight excluding hydrogens is 170 g/mol. The molecule has 0 heterocycles. The molecule has 2 N–H and O–H groups in total. The summed E-state index contributed by atoms with van der Waals surface area (Å²) in [5.74, 6) is 0. The van der Waals surface area contributed by atoms with Gasteiger partial charge in [0.15, 0.2) is 5.17 Å². The van der Waals surface area contributed by atoms with Crippen molar-refractivity contribution in [2.24, 2.45) is 15.9 Å². The number of thioether (sulfide) groups is 1. The van der Waals surface area contributed by atoms with E-state index in [1.807, 2.05) is 6.26 Å². The number of nitrogens with two attached hydrogens (primary N) is 1. The van der Waals surface area contributed by atoms with Crippen molar-refractivity contribution in [2.75, 3.05) is 6.26 Å². The Hall–Kier alpha value is -0.510. The predicted octanol–water partition coefficient (Wildman–Crippen LogP) is 1.98. The fourth-order valence-electron chi connectivity index (χ4n) is 1.22. The summed E-state index contributed by atoms with van der Waals surface area (Å²) in [6.45, 7) is 0. The number of amidine groups is 1. The van der Waals surface area contributed by atoms with Gasteiger partial charge in [0.1, 0.15) is 0 Å². The van der Waals surface area contributed by atoms with Crippen molar-refractivity contribution in [3.63, 3.8) is 0 Å². The summed E-state index contributed by atoms with van der Waals surface area (Å²) in [7, 11) is 0. The number of hydrogen-bond donors (Lipinski definition) is 1. The van der Waals surface area contributed by atoms with Crippen molar-refractivity contribution >= 4 is 22.6 Å². The molecule has 4 heteroatoms. The number of hydrogen-bond acceptors (Lipinski definition) is 3. The minimum atomic E-state index is 0.549.